The molecule has 6 nitrogen and oxygen atoms in total. The van der Waals surface area contributed by atoms with E-state index in [1.54, 1.807) is 0 Å². The van der Waals surface area contributed by atoms with Crippen molar-refractivity contribution in [3.05, 3.63) is 35.4 Å². The number of anilines is 1. The molecule has 0 amide bonds. The maximum absolute atomic E-state index is 12.4. The maximum atomic E-state index is 12.4. The molecule has 0 unspecified atom stereocenters. The van der Waals surface area contributed by atoms with Gasteiger partial charge >= 0.3 is 0 Å². The molecule has 142 valence electrons. The minimum Gasteiger partial charge on any atom is -0.494 e. The summed E-state index contributed by atoms with van der Waals surface area (Å²) in [4.78, 5) is 20.5. The molecule has 1 heterocycles. The van der Waals surface area contributed by atoms with Gasteiger partial charge in [-0.05, 0) is 30.4 Å². The number of ether oxygens (including phenoxy) is 1. The summed E-state index contributed by atoms with van der Waals surface area (Å²) in [7, 11) is 0. The molecule has 1 aromatic heterocycles. The van der Waals surface area contributed by atoms with Crippen molar-refractivity contribution >= 4 is 35.3 Å². The van der Waals surface area contributed by atoms with Crippen LogP contribution in [0.15, 0.2) is 34.3 Å². The van der Waals surface area contributed by atoms with Crippen LogP contribution in [0.25, 0.3) is 0 Å². The molecule has 8 heteroatoms. The molecule has 2 aromatic rings. The number of rotatable bonds is 10. The van der Waals surface area contributed by atoms with E-state index < -0.39 is 0 Å². The van der Waals surface area contributed by atoms with Gasteiger partial charge in [0, 0.05) is 6.42 Å². The fraction of sp³-hybridized carbons (Fsp3) is 0.368. The molecule has 0 spiro atoms. The second kappa shape index (κ2) is 10.8. The van der Waals surface area contributed by atoms with Crippen molar-refractivity contribution in [1.82, 2.24) is 9.97 Å². The Labute approximate surface area is 167 Å². The first kappa shape index (κ1) is 21.1. The molecule has 0 saturated heterocycles. The van der Waals surface area contributed by atoms with Gasteiger partial charge in [-0.3, -0.25) is 4.79 Å². The number of nitrogens with zero attached hydrogens (tertiary/aromatic N) is 3. The van der Waals surface area contributed by atoms with Crippen LogP contribution in [0.2, 0.25) is 0 Å². The molecule has 1 aromatic carbocycles. The summed E-state index contributed by atoms with van der Waals surface area (Å²) >= 11 is 2.55. The van der Waals surface area contributed by atoms with Crippen molar-refractivity contribution < 1.29 is 9.53 Å². The topological polar surface area (TPSA) is 102 Å². The molecule has 0 fully saturated rings. The number of nitriles is 1. The third-order valence-electron chi connectivity index (χ3n) is 3.60. The molecule has 2 N–H and O–H groups in total. The molecule has 27 heavy (non-hydrogen) atoms. The Bertz CT molecular complexity index is 837. The number of ketones is 1. The average molecular weight is 403 g/mol. The summed E-state index contributed by atoms with van der Waals surface area (Å²) in [5.74, 6) is 1.13. The summed E-state index contributed by atoms with van der Waals surface area (Å²) in [6.45, 7) is 2.79. The third kappa shape index (κ3) is 6.45. The number of Topliss-reactive ketones (excluding diaryl/α,β-unsaturated/α-hetero) is 1. The van der Waals surface area contributed by atoms with Gasteiger partial charge in [0.15, 0.2) is 0 Å². The molecule has 0 saturated carbocycles. The molecule has 0 aliphatic rings. The molecule has 0 bridgehead atoms. The average Bonchev–Trinajstić information content (AvgIpc) is 2.66. The molecule has 0 aliphatic heterocycles. The Balaban J connectivity index is 1.98. The van der Waals surface area contributed by atoms with Gasteiger partial charge in [0.05, 0.1) is 12.4 Å². The lowest BCUT2D eigenvalue weighted by atomic mass is 10.1. The highest BCUT2D eigenvalue weighted by molar-refractivity contribution is 8.00. The van der Waals surface area contributed by atoms with E-state index in [0.717, 1.165) is 24.2 Å². The maximum Gasteiger partial charge on any atom is 0.222 e. The molecular formula is C19H22N4O2S2. The number of thioether (sulfide) groups is 2. The molecule has 0 radical (unpaired) electrons. The van der Waals surface area contributed by atoms with Crippen LogP contribution in [0.1, 0.15) is 30.9 Å². The van der Waals surface area contributed by atoms with Crippen LogP contribution in [0.4, 0.5) is 5.95 Å². The van der Waals surface area contributed by atoms with Gasteiger partial charge in [-0.15, -0.1) is 11.8 Å². The monoisotopic (exact) mass is 402 g/mol. The van der Waals surface area contributed by atoms with Crippen LogP contribution in [0, 0.1) is 11.3 Å². The normalized spacial score (nSPS) is 10.4. The smallest absolute Gasteiger partial charge is 0.222 e. The predicted octanol–water partition coefficient (Wildman–Crippen LogP) is 3.74. The predicted molar refractivity (Wildman–Crippen MR) is 109 cm³/mol. The second-order valence-corrected chi connectivity index (χ2v) is 7.50. The first-order chi connectivity index (χ1) is 13.1. The lowest BCUT2D eigenvalue weighted by molar-refractivity contribution is -0.116. The van der Waals surface area contributed by atoms with Crippen molar-refractivity contribution in [3.63, 3.8) is 0 Å². The van der Waals surface area contributed by atoms with Crippen LogP contribution in [0.5, 0.6) is 5.75 Å². The van der Waals surface area contributed by atoms with Crippen molar-refractivity contribution in [2.24, 2.45) is 0 Å². The highest BCUT2D eigenvalue weighted by Crippen LogP contribution is 2.28. The van der Waals surface area contributed by atoms with Crippen LogP contribution < -0.4 is 10.5 Å². The van der Waals surface area contributed by atoms with E-state index in [2.05, 4.69) is 23.0 Å². The van der Waals surface area contributed by atoms with E-state index in [4.69, 9.17) is 10.5 Å². The molecule has 0 atom stereocenters. The van der Waals surface area contributed by atoms with Gasteiger partial charge in [-0.2, -0.15) is 5.26 Å². The SMILES string of the molecule is CCCCOc1cccc(CC(=O)CSc2nc(N)nc(SC)c2C#N)c1. The van der Waals surface area contributed by atoms with Gasteiger partial charge < -0.3 is 10.5 Å². The van der Waals surface area contributed by atoms with Crippen molar-refractivity contribution in [3.8, 4) is 11.8 Å². The van der Waals surface area contributed by atoms with E-state index in [1.807, 2.05) is 30.5 Å². The lowest BCUT2D eigenvalue weighted by Gasteiger charge is -2.08. The zero-order valence-electron chi connectivity index (χ0n) is 15.4. The Hall–Kier alpha value is -2.24. The van der Waals surface area contributed by atoms with Crippen LogP contribution in [-0.2, 0) is 11.2 Å². The van der Waals surface area contributed by atoms with E-state index in [1.165, 1.54) is 23.5 Å². The Morgan fingerprint density at radius 2 is 2.11 bits per heavy atom. The van der Waals surface area contributed by atoms with Crippen molar-refractivity contribution in [1.29, 1.82) is 5.26 Å². The molecule has 2 rings (SSSR count). The summed E-state index contributed by atoms with van der Waals surface area (Å²) in [6.07, 6.45) is 4.20. The van der Waals surface area contributed by atoms with Gasteiger partial charge in [-0.25, -0.2) is 9.97 Å². The van der Waals surface area contributed by atoms with Gasteiger partial charge in [0.1, 0.15) is 33.2 Å². The van der Waals surface area contributed by atoms with E-state index >= 15 is 0 Å². The van der Waals surface area contributed by atoms with Gasteiger partial charge in [-0.1, -0.05) is 37.2 Å². The highest BCUT2D eigenvalue weighted by Gasteiger charge is 2.15. The number of carbonyl (C=O) groups is 1. The number of unbranched alkanes of at least 4 members (excludes halogenated alkanes) is 1. The lowest BCUT2D eigenvalue weighted by Crippen LogP contribution is -2.08. The van der Waals surface area contributed by atoms with Crippen LogP contribution in [0.3, 0.4) is 0 Å². The number of benzene rings is 1. The minimum atomic E-state index is 0.0393. The number of nitrogens with two attached hydrogens (primary N) is 1. The zero-order valence-corrected chi connectivity index (χ0v) is 17.0. The fourth-order valence-electron chi connectivity index (χ4n) is 2.29. The van der Waals surface area contributed by atoms with Crippen LogP contribution in [-0.4, -0.2) is 34.4 Å². The quantitative estimate of drug-likeness (QED) is 0.364. The Kier molecular flexibility index (Phi) is 8.43. The first-order valence-electron chi connectivity index (χ1n) is 8.55. The van der Waals surface area contributed by atoms with Gasteiger partial charge in [0.2, 0.25) is 5.95 Å². The van der Waals surface area contributed by atoms with Crippen molar-refractivity contribution in [2.75, 3.05) is 24.3 Å². The van der Waals surface area contributed by atoms with Crippen molar-refractivity contribution in [2.45, 2.75) is 36.2 Å². The number of aromatic nitrogens is 2. The summed E-state index contributed by atoms with van der Waals surface area (Å²) in [5, 5.41) is 10.3. The Morgan fingerprint density at radius 1 is 1.33 bits per heavy atom. The van der Waals surface area contributed by atoms with Gasteiger partial charge in [0.25, 0.3) is 0 Å². The highest BCUT2D eigenvalue weighted by atomic mass is 32.2. The Morgan fingerprint density at radius 3 is 2.81 bits per heavy atom. The number of carbonyl (C=O) groups excluding carboxylic acids is 1. The number of hydrogen-bond acceptors (Lipinski definition) is 8. The first-order valence-corrected chi connectivity index (χ1v) is 10.8. The number of nitrogen functional groups attached to an aromatic ring is 1. The fourth-order valence-corrected chi connectivity index (χ4v) is 3.73. The zero-order chi connectivity index (χ0) is 19.6. The number of hydrogen-bond donors (Lipinski definition) is 1. The van der Waals surface area contributed by atoms with E-state index in [9.17, 15) is 10.1 Å². The molecule has 0 aliphatic carbocycles. The third-order valence-corrected chi connectivity index (χ3v) is 5.32. The largest absolute Gasteiger partial charge is 0.494 e. The van der Waals surface area contributed by atoms with Crippen LogP contribution >= 0.6 is 23.5 Å². The summed E-state index contributed by atoms with van der Waals surface area (Å²) in [6, 6.07) is 9.68. The second-order valence-electron chi connectivity index (χ2n) is 5.74. The van der Waals surface area contributed by atoms with E-state index in [-0.39, 0.29) is 17.5 Å². The summed E-state index contributed by atoms with van der Waals surface area (Å²) < 4.78 is 5.68. The van der Waals surface area contributed by atoms with E-state index in [0.29, 0.717) is 28.6 Å². The summed E-state index contributed by atoms with van der Waals surface area (Å²) in [5.41, 5.74) is 6.96. The molecular weight excluding hydrogens is 380 g/mol. The standard InChI is InChI=1S/C19H22N4O2S2/c1-3-4-8-25-15-7-5-6-13(10-15)9-14(24)12-27-18-16(11-20)17(26-2)22-19(21)23-18/h5-7,10H,3-4,8-9,12H2,1-2H3,(H2,21,22,23). The minimum absolute atomic E-state index is 0.0393.